The summed E-state index contributed by atoms with van der Waals surface area (Å²) in [5, 5.41) is 10.1. The smallest absolute Gasteiger partial charge is 0.133 e. The number of aromatic nitrogens is 2. The molecule has 15 heavy (non-hydrogen) atoms. The van der Waals surface area contributed by atoms with E-state index in [2.05, 4.69) is 30.7 Å². The molecule has 1 aromatic heterocycles. The fraction of sp³-hybridized carbons (Fsp3) is 0.667. The molecule has 0 bridgehead atoms. The fourth-order valence-corrected chi connectivity index (χ4v) is 1.76. The second-order valence-corrected chi connectivity index (χ2v) is 5.43. The molecule has 3 nitrogen and oxygen atoms in total. The molecule has 2 rings (SSSR count). The van der Waals surface area contributed by atoms with Gasteiger partial charge in [-0.3, -0.25) is 0 Å². The van der Waals surface area contributed by atoms with Crippen LogP contribution in [0.15, 0.2) is 12.4 Å². The van der Waals surface area contributed by atoms with E-state index < -0.39 is 5.60 Å². The standard InChI is InChI=1S/C12H18N2O/c1-11(2,3)10-13-7-9(8-14-10)12(15)5-4-6-12/h7-8,15H,4-6H2,1-3H3. The van der Waals surface area contributed by atoms with Gasteiger partial charge in [0, 0.05) is 23.4 Å². The highest BCUT2D eigenvalue weighted by Crippen LogP contribution is 2.40. The first-order valence-electron chi connectivity index (χ1n) is 5.47. The van der Waals surface area contributed by atoms with Gasteiger partial charge in [0.1, 0.15) is 5.82 Å². The average molecular weight is 206 g/mol. The summed E-state index contributed by atoms with van der Waals surface area (Å²) in [6.45, 7) is 6.25. The van der Waals surface area contributed by atoms with Crippen molar-refractivity contribution < 1.29 is 5.11 Å². The lowest BCUT2D eigenvalue weighted by Gasteiger charge is -2.36. The van der Waals surface area contributed by atoms with Gasteiger partial charge in [0.15, 0.2) is 0 Å². The van der Waals surface area contributed by atoms with Crippen molar-refractivity contribution in [3.8, 4) is 0 Å². The molecule has 0 aromatic carbocycles. The van der Waals surface area contributed by atoms with Crippen LogP contribution in [0.3, 0.4) is 0 Å². The summed E-state index contributed by atoms with van der Waals surface area (Å²) in [6.07, 6.45) is 6.31. The number of aliphatic hydroxyl groups is 1. The zero-order valence-electron chi connectivity index (χ0n) is 9.62. The molecular formula is C12H18N2O. The topological polar surface area (TPSA) is 46.0 Å². The normalized spacial score (nSPS) is 19.7. The van der Waals surface area contributed by atoms with Crippen molar-refractivity contribution in [1.82, 2.24) is 9.97 Å². The highest BCUT2D eigenvalue weighted by Gasteiger charge is 2.37. The molecule has 0 saturated heterocycles. The summed E-state index contributed by atoms with van der Waals surface area (Å²) in [7, 11) is 0. The van der Waals surface area contributed by atoms with Crippen LogP contribution in [0.4, 0.5) is 0 Å². The zero-order valence-corrected chi connectivity index (χ0v) is 9.62. The lowest BCUT2D eigenvalue weighted by atomic mass is 9.76. The van der Waals surface area contributed by atoms with Crippen LogP contribution in [0.25, 0.3) is 0 Å². The van der Waals surface area contributed by atoms with E-state index in [9.17, 15) is 5.11 Å². The van der Waals surface area contributed by atoms with Crippen molar-refractivity contribution >= 4 is 0 Å². The average Bonchev–Trinajstić information content (AvgIpc) is 2.13. The SMILES string of the molecule is CC(C)(C)c1ncc(C2(O)CCC2)cn1. The van der Waals surface area contributed by atoms with Crippen LogP contribution in [-0.4, -0.2) is 15.1 Å². The second-order valence-electron chi connectivity index (χ2n) is 5.43. The summed E-state index contributed by atoms with van der Waals surface area (Å²) in [6, 6.07) is 0. The molecule has 1 aliphatic rings. The van der Waals surface area contributed by atoms with Crippen LogP contribution in [0, 0.1) is 0 Å². The van der Waals surface area contributed by atoms with E-state index in [0.717, 1.165) is 30.7 Å². The van der Waals surface area contributed by atoms with Crippen molar-refractivity contribution in [2.24, 2.45) is 0 Å². The van der Waals surface area contributed by atoms with Crippen molar-refractivity contribution in [2.75, 3.05) is 0 Å². The molecule has 1 heterocycles. The third-order valence-corrected chi connectivity index (χ3v) is 3.04. The van der Waals surface area contributed by atoms with Crippen LogP contribution in [0.5, 0.6) is 0 Å². The lowest BCUT2D eigenvalue weighted by Crippen LogP contribution is -2.34. The highest BCUT2D eigenvalue weighted by molar-refractivity contribution is 5.19. The Bertz CT molecular complexity index is 347. The Balaban J connectivity index is 2.24. The molecule has 0 radical (unpaired) electrons. The van der Waals surface area contributed by atoms with Crippen molar-refractivity contribution in [3.63, 3.8) is 0 Å². The van der Waals surface area contributed by atoms with E-state index >= 15 is 0 Å². The summed E-state index contributed by atoms with van der Waals surface area (Å²) >= 11 is 0. The summed E-state index contributed by atoms with van der Waals surface area (Å²) < 4.78 is 0. The first kappa shape index (κ1) is 10.6. The lowest BCUT2D eigenvalue weighted by molar-refractivity contribution is -0.0394. The Morgan fingerprint density at radius 1 is 1.20 bits per heavy atom. The van der Waals surface area contributed by atoms with Crippen LogP contribution in [-0.2, 0) is 11.0 Å². The minimum atomic E-state index is -0.642. The van der Waals surface area contributed by atoms with Gasteiger partial charge in [0.2, 0.25) is 0 Å². The van der Waals surface area contributed by atoms with E-state index in [4.69, 9.17) is 0 Å². The van der Waals surface area contributed by atoms with Crippen LogP contribution in [0.1, 0.15) is 51.4 Å². The molecule has 0 aliphatic heterocycles. The minimum absolute atomic E-state index is 0.0270. The Morgan fingerprint density at radius 3 is 2.07 bits per heavy atom. The Labute approximate surface area is 90.6 Å². The van der Waals surface area contributed by atoms with Gasteiger partial charge in [-0.15, -0.1) is 0 Å². The maximum absolute atomic E-state index is 10.1. The molecule has 0 unspecified atom stereocenters. The molecule has 0 spiro atoms. The van der Waals surface area contributed by atoms with E-state index in [1.807, 2.05) is 0 Å². The number of hydrogen-bond acceptors (Lipinski definition) is 3. The molecular weight excluding hydrogens is 188 g/mol. The van der Waals surface area contributed by atoms with Crippen LogP contribution >= 0.6 is 0 Å². The van der Waals surface area contributed by atoms with Gasteiger partial charge < -0.3 is 5.11 Å². The molecule has 1 aliphatic carbocycles. The first-order valence-corrected chi connectivity index (χ1v) is 5.47. The first-order chi connectivity index (χ1) is 6.92. The van der Waals surface area contributed by atoms with Crippen molar-refractivity contribution in [1.29, 1.82) is 0 Å². The highest BCUT2D eigenvalue weighted by atomic mass is 16.3. The monoisotopic (exact) mass is 206 g/mol. The molecule has 0 amide bonds. The van der Waals surface area contributed by atoms with Gasteiger partial charge in [-0.2, -0.15) is 0 Å². The van der Waals surface area contributed by atoms with Crippen molar-refractivity contribution in [2.45, 2.75) is 51.0 Å². The molecule has 82 valence electrons. The largest absolute Gasteiger partial charge is 0.385 e. The molecule has 1 aromatic rings. The van der Waals surface area contributed by atoms with Gasteiger partial charge in [0.25, 0.3) is 0 Å². The second kappa shape index (κ2) is 3.27. The Morgan fingerprint density at radius 2 is 1.73 bits per heavy atom. The van der Waals surface area contributed by atoms with E-state index in [1.54, 1.807) is 12.4 Å². The molecule has 1 N–H and O–H groups in total. The fourth-order valence-electron chi connectivity index (χ4n) is 1.76. The Kier molecular flexibility index (Phi) is 2.30. The zero-order chi connectivity index (χ0) is 11.1. The van der Waals surface area contributed by atoms with Gasteiger partial charge in [-0.25, -0.2) is 9.97 Å². The number of nitrogens with zero attached hydrogens (tertiary/aromatic N) is 2. The van der Waals surface area contributed by atoms with Gasteiger partial charge >= 0.3 is 0 Å². The molecule has 1 fully saturated rings. The predicted octanol–water partition coefficient (Wildman–Crippen LogP) is 2.15. The quantitative estimate of drug-likeness (QED) is 0.765. The Hall–Kier alpha value is -0.960. The van der Waals surface area contributed by atoms with E-state index in [0.29, 0.717) is 0 Å². The molecule has 1 saturated carbocycles. The van der Waals surface area contributed by atoms with Gasteiger partial charge in [0.05, 0.1) is 5.60 Å². The maximum Gasteiger partial charge on any atom is 0.133 e. The van der Waals surface area contributed by atoms with Gasteiger partial charge in [-0.1, -0.05) is 20.8 Å². The molecule has 3 heteroatoms. The van der Waals surface area contributed by atoms with Crippen molar-refractivity contribution in [3.05, 3.63) is 23.8 Å². The van der Waals surface area contributed by atoms with Gasteiger partial charge in [-0.05, 0) is 19.3 Å². The molecule has 0 atom stereocenters. The predicted molar refractivity (Wildman–Crippen MR) is 58.5 cm³/mol. The van der Waals surface area contributed by atoms with Crippen LogP contribution in [0.2, 0.25) is 0 Å². The van der Waals surface area contributed by atoms with E-state index in [-0.39, 0.29) is 5.41 Å². The van der Waals surface area contributed by atoms with E-state index in [1.165, 1.54) is 0 Å². The summed E-state index contributed by atoms with van der Waals surface area (Å²) in [5.74, 6) is 0.828. The number of hydrogen-bond donors (Lipinski definition) is 1. The summed E-state index contributed by atoms with van der Waals surface area (Å²) in [4.78, 5) is 8.65. The maximum atomic E-state index is 10.1. The third-order valence-electron chi connectivity index (χ3n) is 3.04. The van der Waals surface area contributed by atoms with Crippen LogP contribution < -0.4 is 0 Å². The summed E-state index contributed by atoms with van der Waals surface area (Å²) in [5.41, 5.74) is 0.193. The number of rotatable bonds is 1. The minimum Gasteiger partial charge on any atom is -0.385 e. The third kappa shape index (κ3) is 1.88.